The summed E-state index contributed by atoms with van der Waals surface area (Å²) in [6, 6.07) is 57.5. The number of para-hydroxylation sites is 2. The van der Waals surface area contributed by atoms with Gasteiger partial charge < -0.3 is 8.83 Å². The fourth-order valence-electron chi connectivity index (χ4n) is 7.10. The van der Waals surface area contributed by atoms with Crippen LogP contribution in [0.1, 0.15) is 5.56 Å². The number of nitriles is 1. The molecule has 0 spiro atoms. The average Bonchev–Trinajstić information content (AvgIpc) is 3.78. The number of furan rings is 2. The minimum atomic E-state index is 0.600. The molecule has 0 aliphatic rings. The Kier molecular flexibility index (Phi) is 6.80. The molecule has 0 saturated heterocycles. The second-order valence-corrected chi connectivity index (χ2v) is 12.9. The van der Waals surface area contributed by atoms with E-state index in [1.54, 1.807) is 0 Å². The summed E-state index contributed by atoms with van der Waals surface area (Å²) in [7, 11) is 0. The monoisotopic (exact) mass is 665 g/mol. The van der Waals surface area contributed by atoms with Crippen LogP contribution in [0, 0.1) is 11.3 Å². The van der Waals surface area contributed by atoms with E-state index in [-0.39, 0.29) is 0 Å². The highest BCUT2D eigenvalue weighted by molar-refractivity contribution is 6.07. The highest BCUT2D eigenvalue weighted by Crippen LogP contribution is 2.39. The topological polar surface area (TPSA) is 75.8 Å². The van der Waals surface area contributed by atoms with E-state index in [9.17, 15) is 5.26 Å². The van der Waals surface area contributed by atoms with Gasteiger partial charge in [0.2, 0.25) is 0 Å². The quantitative estimate of drug-likeness (QED) is 0.183. The first-order valence-corrected chi connectivity index (χ1v) is 17.1. The number of nitrogens with zero attached hydrogens (tertiary/aromatic N) is 3. The third-order valence-corrected chi connectivity index (χ3v) is 9.72. The van der Waals surface area contributed by atoms with Gasteiger partial charge in [-0.05, 0) is 95.1 Å². The van der Waals surface area contributed by atoms with E-state index in [0.29, 0.717) is 11.4 Å². The van der Waals surface area contributed by atoms with Crippen LogP contribution < -0.4 is 0 Å². The van der Waals surface area contributed by atoms with Crippen molar-refractivity contribution in [3.63, 3.8) is 0 Å². The zero-order valence-electron chi connectivity index (χ0n) is 27.7. The van der Waals surface area contributed by atoms with E-state index in [1.165, 1.54) is 0 Å². The number of rotatable bonds is 5. The van der Waals surface area contributed by atoms with E-state index >= 15 is 0 Å². The van der Waals surface area contributed by atoms with Crippen LogP contribution in [0.25, 0.3) is 100 Å². The van der Waals surface area contributed by atoms with Crippen molar-refractivity contribution in [1.82, 2.24) is 9.97 Å². The van der Waals surface area contributed by atoms with E-state index in [4.69, 9.17) is 18.8 Å². The Bertz CT molecular complexity index is 2890. The summed E-state index contributed by atoms with van der Waals surface area (Å²) in [5, 5.41) is 13.7. The summed E-state index contributed by atoms with van der Waals surface area (Å²) >= 11 is 0. The average molecular weight is 666 g/mol. The van der Waals surface area contributed by atoms with Gasteiger partial charge in [-0.25, -0.2) is 9.97 Å². The molecule has 0 atom stereocenters. The van der Waals surface area contributed by atoms with E-state index in [2.05, 4.69) is 84.9 Å². The Labute approximate surface area is 298 Å². The summed E-state index contributed by atoms with van der Waals surface area (Å²) in [5.41, 5.74) is 12.6. The molecule has 0 unspecified atom stereocenters. The summed E-state index contributed by atoms with van der Waals surface area (Å²) in [4.78, 5) is 10.3. The smallest absolute Gasteiger partial charge is 0.160 e. The number of aromatic nitrogens is 2. The summed E-state index contributed by atoms with van der Waals surface area (Å²) < 4.78 is 12.4. The SMILES string of the molecule is N#Cc1ccc(-c2cc(-c3ccccc3)nc(-c3cc(-c4ccc5oc6ccccc6c5c4)cc(-c4ccc5oc6ccccc6c5c4)c3)n2)cc1. The second kappa shape index (κ2) is 11.9. The molecule has 5 nitrogen and oxygen atoms in total. The van der Waals surface area contributed by atoms with Crippen LogP contribution in [0.3, 0.4) is 0 Å². The largest absolute Gasteiger partial charge is 0.456 e. The molecule has 242 valence electrons. The Hall–Kier alpha value is -7.29. The maximum Gasteiger partial charge on any atom is 0.160 e. The molecule has 0 saturated carbocycles. The molecule has 10 rings (SSSR count). The number of hydrogen-bond acceptors (Lipinski definition) is 5. The molecular weight excluding hydrogens is 639 g/mol. The first-order chi connectivity index (χ1) is 25.7. The van der Waals surface area contributed by atoms with Gasteiger partial charge in [0.25, 0.3) is 0 Å². The molecule has 0 fully saturated rings. The zero-order valence-corrected chi connectivity index (χ0v) is 27.7. The molecule has 10 aromatic rings. The van der Waals surface area contributed by atoms with Crippen molar-refractivity contribution in [2.45, 2.75) is 0 Å². The van der Waals surface area contributed by atoms with Crippen molar-refractivity contribution in [3.8, 4) is 62.2 Å². The molecule has 0 aliphatic carbocycles. The van der Waals surface area contributed by atoms with Crippen LogP contribution >= 0.6 is 0 Å². The number of benzene rings is 7. The van der Waals surface area contributed by atoms with Gasteiger partial charge in [0.1, 0.15) is 22.3 Å². The lowest BCUT2D eigenvalue weighted by atomic mass is 9.94. The molecule has 7 aromatic carbocycles. The van der Waals surface area contributed by atoms with E-state index < -0.39 is 0 Å². The first-order valence-electron chi connectivity index (χ1n) is 17.1. The number of hydrogen-bond donors (Lipinski definition) is 0. The predicted molar refractivity (Wildman–Crippen MR) is 208 cm³/mol. The van der Waals surface area contributed by atoms with Gasteiger partial charge in [0.15, 0.2) is 5.82 Å². The Balaban J connectivity index is 1.21. The van der Waals surface area contributed by atoms with Gasteiger partial charge in [-0.15, -0.1) is 0 Å². The van der Waals surface area contributed by atoms with Crippen LogP contribution in [0.4, 0.5) is 0 Å². The van der Waals surface area contributed by atoms with Crippen LogP contribution in [-0.4, -0.2) is 9.97 Å². The maximum absolute atomic E-state index is 9.43. The van der Waals surface area contributed by atoms with Crippen molar-refractivity contribution < 1.29 is 8.83 Å². The molecule has 0 bridgehead atoms. The number of fused-ring (bicyclic) bond motifs is 6. The van der Waals surface area contributed by atoms with Crippen LogP contribution in [0.15, 0.2) is 173 Å². The fraction of sp³-hybridized carbons (Fsp3) is 0. The van der Waals surface area contributed by atoms with Crippen molar-refractivity contribution >= 4 is 43.9 Å². The molecule has 0 aliphatic heterocycles. The molecule has 0 N–H and O–H groups in total. The van der Waals surface area contributed by atoms with E-state index in [0.717, 1.165) is 94.2 Å². The standard InChI is InChI=1S/C47H27N3O2/c48-28-29-14-16-31(17-15-29)42-27-41(30-8-2-1-3-9-30)49-47(50-42)36-23-34(32-18-20-45-39(25-32)37-10-4-6-12-43(37)51-45)22-35(24-36)33-19-21-46-40(26-33)38-11-5-7-13-44(38)52-46/h1-27H. The zero-order chi connectivity index (χ0) is 34.6. The summed E-state index contributed by atoms with van der Waals surface area (Å²) in [6.07, 6.45) is 0. The molecule has 52 heavy (non-hydrogen) atoms. The van der Waals surface area contributed by atoms with Crippen molar-refractivity contribution in [3.05, 3.63) is 169 Å². The lowest BCUT2D eigenvalue weighted by Gasteiger charge is -2.13. The van der Waals surface area contributed by atoms with Gasteiger partial charge in [0.05, 0.1) is 23.0 Å². The molecule has 0 amide bonds. The molecule has 3 heterocycles. The third-order valence-electron chi connectivity index (χ3n) is 9.72. The third kappa shape index (κ3) is 5.10. The Morgan fingerprint density at radius 2 is 0.827 bits per heavy atom. The second-order valence-electron chi connectivity index (χ2n) is 12.9. The maximum atomic E-state index is 9.43. The predicted octanol–water partition coefficient (Wildman–Crippen LogP) is 12.5. The lowest BCUT2D eigenvalue weighted by Crippen LogP contribution is -1.97. The summed E-state index contributed by atoms with van der Waals surface area (Å²) in [6.45, 7) is 0. The van der Waals surface area contributed by atoms with Crippen molar-refractivity contribution in [2.24, 2.45) is 0 Å². The normalized spacial score (nSPS) is 11.4. The molecular formula is C47H27N3O2. The minimum absolute atomic E-state index is 0.600. The van der Waals surface area contributed by atoms with Crippen LogP contribution in [-0.2, 0) is 0 Å². The van der Waals surface area contributed by atoms with Gasteiger partial charge >= 0.3 is 0 Å². The Morgan fingerprint density at radius 3 is 1.38 bits per heavy atom. The minimum Gasteiger partial charge on any atom is -0.456 e. The Morgan fingerprint density at radius 1 is 0.365 bits per heavy atom. The highest BCUT2D eigenvalue weighted by atomic mass is 16.3. The molecule has 3 aromatic heterocycles. The van der Waals surface area contributed by atoms with Gasteiger partial charge in [0, 0.05) is 38.2 Å². The van der Waals surface area contributed by atoms with Gasteiger partial charge in [-0.3, -0.25) is 0 Å². The van der Waals surface area contributed by atoms with Gasteiger partial charge in [-0.2, -0.15) is 5.26 Å². The van der Waals surface area contributed by atoms with Crippen molar-refractivity contribution in [2.75, 3.05) is 0 Å². The van der Waals surface area contributed by atoms with Crippen LogP contribution in [0.5, 0.6) is 0 Å². The fourth-order valence-corrected chi connectivity index (χ4v) is 7.10. The lowest BCUT2D eigenvalue weighted by molar-refractivity contribution is 0.668. The van der Waals surface area contributed by atoms with Crippen molar-refractivity contribution in [1.29, 1.82) is 5.26 Å². The molecule has 5 heteroatoms. The van der Waals surface area contributed by atoms with E-state index in [1.807, 2.05) is 84.9 Å². The first kappa shape index (κ1) is 29.6. The van der Waals surface area contributed by atoms with Gasteiger partial charge in [-0.1, -0.05) is 91.0 Å². The van der Waals surface area contributed by atoms with Crippen LogP contribution in [0.2, 0.25) is 0 Å². The highest BCUT2D eigenvalue weighted by Gasteiger charge is 2.16. The summed E-state index contributed by atoms with van der Waals surface area (Å²) in [5.74, 6) is 0.605. The molecule has 0 radical (unpaired) electrons.